The largest absolute Gasteiger partial charge is 0.508 e. The zero-order valence-electron chi connectivity index (χ0n) is 16.7. The molecule has 0 spiro atoms. The molecule has 0 unspecified atom stereocenters. The average molecular weight is 380 g/mol. The monoisotopic (exact) mass is 380 g/mol. The Hall–Kier alpha value is -3.59. The lowest BCUT2D eigenvalue weighted by molar-refractivity contribution is 0.467. The van der Waals surface area contributed by atoms with Gasteiger partial charge in [0.2, 0.25) is 0 Å². The Morgan fingerprint density at radius 3 is 2.21 bits per heavy atom. The molecule has 29 heavy (non-hydrogen) atoms. The first kappa shape index (κ1) is 18.8. The van der Waals surface area contributed by atoms with Gasteiger partial charge in [0, 0.05) is 31.6 Å². The minimum absolute atomic E-state index is 0.262. The molecule has 0 bridgehead atoms. The fourth-order valence-electron chi connectivity index (χ4n) is 3.55. The Morgan fingerprint density at radius 2 is 1.48 bits per heavy atom. The van der Waals surface area contributed by atoms with Crippen LogP contribution in [0.2, 0.25) is 0 Å². The SMILES string of the molecule is CN(C)c1ccc(C=N[C@@H](c2ccccc2)c2c(O)ccc3ccccc23)cc1. The molecule has 0 aromatic heterocycles. The summed E-state index contributed by atoms with van der Waals surface area (Å²) in [6, 6.07) is 29.9. The average Bonchev–Trinajstić information content (AvgIpc) is 2.76. The van der Waals surface area contributed by atoms with Crippen LogP contribution in [0.4, 0.5) is 5.69 Å². The number of aromatic hydroxyl groups is 1. The number of phenols is 1. The van der Waals surface area contributed by atoms with Gasteiger partial charge in [0.1, 0.15) is 11.8 Å². The Kier molecular flexibility index (Phi) is 5.30. The highest BCUT2D eigenvalue weighted by Crippen LogP contribution is 2.38. The molecular formula is C26H24N2O. The fraction of sp³-hybridized carbons (Fsp3) is 0.115. The van der Waals surface area contributed by atoms with Crippen LogP contribution in [0.25, 0.3) is 10.8 Å². The maximum atomic E-state index is 10.8. The van der Waals surface area contributed by atoms with Crippen LogP contribution in [0, 0.1) is 0 Å². The van der Waals surface area contributed by atoms with Gasteiger partial charge < -0.3 is 10.0 Å². The summed E-state index contributed by atoms with van der Waals surface area (Å²) in [6.07, 6.45) is 1.89. The Bertz CT molecular complexity index is 1130. The van der Waals surface area contributed by atoms with Crippen molar-refractivity contribution in [1.82, 2.24) is 0 Å². The standard InChI is InChI=1S/C26H24N2O/c1-28(2)22-15-12-19(13-16-22)18-27-26(21-9-4-3-5-10-21)25-23-11-7-6-8-20(23)14-17-24(25)29/h3-18,26,29H,1-2H3/t26-/m0/s1. The molecule has 1 atom stereocenters. The number of hydrogen-bond acceptors (Lipinski definition) is 3. The van der Waals surface area contributed by atoms with E-state index in [1.165, 1.54) is 0 Å². The van der Waals surface area contributed by atoms with Gasteiger partial charge >= 0.3 is 0 Å². The van der Waals surface area contributed by atoms with Gasteiger partial charge in [-0.1, -0.05) is 72.8 Å². The lowest BCUT2D eigenvalue weighted by Gasteiger charge is -2.18. The quantitative estimate of drug-likeness (QED) is 0.443. The first-order valence-corrected chi connectivity index (χ1v) is 9.69. The highest BCUT2D eigenvalue weighted by molar-refractivity contribution is 5.89. The van der Waals surface area contributed by atoms with Crippen molar-refractivity contribution in [3.05, 3.63) is 108 Å². The molecule has 0 aliphatic heterocycles. The fourth-order valence-corrected chi connectivity index (χ4v) is 3.55. The first-order chi connectivity index (χ1) is 14.1. The summed E-state index contributed by atoms with van der Waals surface area (Å²) in [5, 5.41) is 12.9. The topological polar surface area (TPSA) is 35.8 Å². The lowest BCUT2D eigenvalue weighted by atomic mass is 9.93. The molecule has 4 rings (SSSR count). The van der Waals surface area contributed by atoms with Crippen molar-refractivity contribution in [2.75, 3.05) is 19.0 Å². The van der Waals surface area contributed by atoms with Crippen molar-refractivity contribution < 1.29 is 5.11 Å². The van der Waals surface area contributed by atoms with Crippen molar-refractivity contribution in [1.29, 1.82) is 0 Å². The van der Waals surface area contributed by atoms with E-state index in [4.69, 9.17) is 4.99 Å². The van der Waals surface area contributed by atoms with Crippen molar-refractivity contribution in [3.8, 4) is 5.75 Å². The Morgan fingerprint density at radius 1 is 0.793 bits per heavy atom. The van der Waals surface area contributed by atoms with Gasteiger partial charge in [0.25, 0.3) is 0 Å². The summed E-state index contributed by atoms with van der Waals surface area (Å²) in [5.41, 5.74) is 4.04. The normalized spacial score (nSPS) is 12.3. The summed E-state index contributed by atoms with van der Waals surface area (Å²) in [5.74, 6) is 0.262. The van der Waals surface area contributed by atoms with Crippen LogP contribution >= 0.6 is 0 Å². The smallest absolute Gasteiger partial charge is 0.121 e. The molecule has 4 aromatic carbocycles. The van der Waals surface area contributed by atoms with Crippen LogP contribution < -0.4 is 4.90 Å². The zero-order valence-corrected chi connectivity index (χ0v) is 16.7. The second-order valence-corrected chi connectivity index (χ2v) is 7.30. The van der Waals surface area contributed by atoms with Crippen LogP contribution in [0.1, 0.15) is 22.7 Å². The third kappa shape index (κ3) is 3.99. The van der Waals surface area contributed by atoms with Crippen molar-refractivity contribution in [2.45, 2.75) is 6.04 Å². The molecule has 0 radical (unpaired) electrons. The molecule has 3 heteroatoms. The minimum Gasteiger partial charge on any atom is -0.508 e. The Balaban J connectivity index is 1.81. The number of benzene rings is 4. The van der Waals surface area contributed by atoms with Crippen LogP contribution in [-0.4, -0.2) is 25.4 Å². The van der Waals surface area contributed by atoms with E-state index < -0.39 is 0 Å². The zero-order chi connectivity index (χ0) is 20.2. The second-order valence-electron chi connectivity index (χ2n) is 7.30. The van der Waals surface area contributed by atoms with E-state index in [0.29, 0.717) is 0 Å². The van der Waals surface area contributed by atoms with Gasteiger partial charge in [-0.2, -0.15) is 0 Å². The van der Waals surface area contributed by atoms with E-state index in [9.17, 15) is 5.11 Å². The molecule has 4 aromatic rings. The van der Waals surface area contributed by atoms with Crippen LogP contribution in [0.15, 0.2) is 96.0 Å². The van der Waals surface area contributed by atoms with E-state index in [2.05, 4.69) is 47.4 Å². The molecule has 1 N–H and O–H groups in total. The number of rotatable bonds is 5. The van der Waals surface area contributed by atoms with Crippen LogP contribution in [0.5, 0.6) is 5.75 Å². The molecule has 0 saturated heterocycles. The number of fused-ring (bicyclic) bond motifs is 1. The molecule has 0 aliphatic rings. The molecule has 0 aliphatic carbocycles. The van der Waals surface area contributed by atoms with Crippen LogP contribution in [0.3, 0.4) is 0 Å². The summed E-state index contributed by atoms with van der Waals surface area (Å²) in [7, 11) is 4.05. The van der Waals surface area contributed by atoms with E-state index in [1.54, 1.807) is 6.07 Å². The first-order valence-electron chi connectivity index (χ1n) is 9.69. The van der Waals surface area contributed by atoms with E-state index in [-0.39, 0.29) is 11.8 Å². The van der Waals surface area contributed by atoms with Crippen LogP contribution in [-0.2, 0) is 0 Å². The summed E-state index contributed by atoms with van der Waals surface area (Å²) >= 11 is 0. The van der Waals surface area contributed by atoms with Crippen molar-refractivity contribution in [2.24, 2.45) is 4.99 Å². The van der Waals surface area contributed by atoms with Gasteiger partial charge in [-0.15, -0.1) is 0 Å². The predicted molar refractivity (Wildman–Crippen MR) is 122 cm³/mol. The third-order valence-electron chi connectivity index (χ3n) is 5.12. The highest BCUT2D eigenvalue weighted by atomic mass is 16.3. The van der Waals surface area contributed by atoms with Gasteiger partial charge in [-0.05, 0) is 40.1 Å². The summed E-state index contributed by atoms with van der Waals surface area (Å²) in [4.78, 5) is 6.99. The maximum Gasteiger partial charge on any atom is 0.121 e. The Labute approximate surface area is 171 Å². The maximum absolute atomic E-state index is 10.8. The van der Waals surface area contributed by atoms with Gasteiger partial charge in [0.05, 0.1) is 0 Å². The molecule has 0 heterocycles. The number of nitrogens with zero attached hydrogens (tertiary/aromatic N) is 2. The molecule has 3 nitrogen and oxygen atoms in total. The van der Waals surface area contributed by atoms with Gasteiger partial charge in [-0.3, -0.25) is 4.99 Å². The second kappa shape index (κ2) is 8.19. The number of anilines is 1. The summed E-state index contributed by atoms with van der Waals surface area (Å²) in [6.45, 7) is 0. The molecule has 0 fully saturated rings. The van der Waals surface area contributed by atoms with E-state index >= 15 is 0 Å². The van der Waals surface area contributed by atoms with E-state index in [0.717, 1.165) is 33.2 Å². The highest BCUT2D eigenvalue weighted by Gasteiger charge is 2.19. The van der Waals surface area contributed by atoms with Crippen molar-refractivity contribution >= 4 is 22.7 Å². The number of phenolic OH excluding ortho intramolecular Hbond substituents is 1. The molecular weight excluding hydrogens is 356 g/mol. The molecule has 0 amide bonds. The lowest BCUT2D eigenvalue weighted by Crippen LogP contribution is -2.08. The van der Waals surface area contributed by atoms with Gasteiger partial charge in [0.15, 0.2) is 0 Å². The number of hydrogen-bond donors (Lipinski definition) is 1. The van der Waals surface area contributed by atoms with E-state index in [1.807, 2.05) is 62.8 Å². The summed E-state index contributed by atoms with van der Waals surface area (Å²) < 4.78 is 0. The predicted octanol–water partition coefficient (Wildman–Crippen LogP) is 5.82. The number of aliphatic imine (C=N–C) groups is 1. The minimum atomic E-state index is -0.296. The third-order valence-corrected chi connectivity index (χ3v) is 5.12. The molecule has 144 valence electrons. The van der Waals surface area contributed by atoms with Crippen molar-refractivity contribution in [3.63, 3.8) is 0 Å². The van der Waals surface area contributed by atoms with Gasteiger partial charge in [-0.25, -0.2) is 0 Å². The molecule has 0 saturated carbocycles.